The predicted molar refractivity (Wildman–Crippen MR) is 146 cm³/mol. The van der Waals surface area contributed by atoms with Crippen molar-refractivity contribution in [1.82, 2.24) is 19.8 Å². The van der Waals surface area contributed by atoms with Crippen molar-refractivity contribution in [2.45, 2.75) is 13.0 Å². The lowest BCUT2D eigenvalue weighted by Crippen LogP contribution is -2.30. The molecule has 0 spiro atoms. The Hall–Kier alpha value is -2.98. The maximum Gasteiger partial charge on any atom is 0.261 e. The summed E-state index contributed by atoms with van der Waals surface area (Å²) >= 11 is 8.97. The molecule has 1 aromatic carbocycles. The van der Waals surface area contributed by atoms with Gasteiger partial charge in [-0.15, -0.1) is 22.7 Å². The highest BCUT2D eigenvalue weighted by Gasteiger charge is 2.31. The first-order valence-electron chi connectivity index (χ1n) is 11.6. The Labute approximate surface area is 222 Å². The van der Waals surface area contributed by atoms with Crippen LogP contribution in [0.2, 0.25) is 4.34 Å². The molecule has 1 saturated heterocycles. The predicted octanol–water partition coefficient (Wildman–Crippen LogP) is 5.16. The number of nitrogens with one attached hydrogen (secondary N) is 1. The first-order valence-corrected chi connectivity index (χ1v) is 13.6. The maximum absolute atomic E-state index is 12.7. The number of hydrogen-bond acceptors (Lipinski definition) is 6. The van der Waals surface area contributed by atoms with E-state index in [9.17, 15) is 9.59 Å². The van der Waals surface area contributed by atoms with Crippen molar-refractivity contribution in [3.05, 3.63) is 76.0 Å². The van der Waals surface area contributed by atoms with Gasteiger partial charge in [0.1, 0.15) is 5.82 Å². The molecule has 1 fully saturated rings. The SMILES string of the molecule is CN(C)Cc1nccn1-c1ccc(N2CC(CNC(=O)c3ccc(-c4ccc(Cl)s4)s3)CC2=O)cc1. The van der Waals surface area contributed by atoms with E-state index in [0.29, 0.717) is 24.4 Å². The van der Waals surface area contributed by atoms with Gasteiger partial charge in [-0.25, -0.2) is 4.98 Å². The van der Waals surface area contributed by atoms with E-state index in [2.05, 4.69) is 19.8 Å². The molecule has 1 unspecified atom stereocenters. The Kier molecular flexibility index (Phi) is 7.25. The summed E-state index contributed by atoms with van der Waals surface area (Å²) in [5.41, 5.74) is 1.87. The third kappa shape index (κ3) is 5.39. The molecule has 4 aromatic rings. The zero-order valence-corrected chi connectivity index (χ0v) is 22.4. The smallest absolute Gasteiger partial charge is 0.261 e. The van der Waals surface area contributed by atoms with Gasteiger partial charge in [0.2, 0.25) is 5.91 Å². The van der Waals surface area contributed by atoms with Crippen molar-refractivity contribution < 1.29 is 9.59 Å². The summed E-state index contributed by atoms with van der Waals surface area (Å²) < 4.78 is 2.78. The minimum atomic E-state index is -0.113. The maximum atomic E-state index is 12.7. The summed E-state index contributed by atoms with van der Waals surface area (Å²) in [7, 11) is 4.03. The van der Waals surface area contributed by atoms with Gasteiger partial charge in [-0.1, -0.05) is 11.6 Å². The van der Waals surface area contributed by atoms with E-state index < -0.39 is 0 Å². The Morgan fingerprint density at radius 2 is 1.81 bits per heavy atom. The van der Waals surface area contributed by atoms with E-state index in [-0.39, 0.29) is 17.7 Å². The zero-order chi connectivity index (χ0) is 25.2. The lowest BCUT2D eigenvalue weighted by atomic mass is 10.1. The topological polar surface area (TPSA) is 70.5 Å². The molecule has 3 aromatic heterocycles. The molecular formula is C26H26ClN5O2S2. The molecule has 4 heterocycles. The summed E-state index contributed by atoms with van der Waals surface area (Å²) in [6.45, 7) is 1.78. The number of anilines is 1. The van der Waals surface area contributed by atoms with E-state index in [0.717, 1.165) is 37.8 Å². The molecule has 36 heavy (non-hydrogen) atoms. The number of carbonyl (C=O) groups excluding carboxylic acids is 2. The van der Waals surface area contributed by atoms with Crippen LogP contribution in [0.1, 0.15) is 21.9 Å². The van der Waals surface area contributed by atoms with Gasteiger partial charge in [0.15, 0.2) is 0 Å². The van der Waals surface area contributed by atoms with E-state index >= 15 is 0 Å². The minimum absolute atomic E-state index is 0.0667. The fourth-order valence-corrected chi connectivity index (χ4v) is 6.35. The van der Waals surface area contributed by atoms with E-state index in [4.69, 9.17) is 11.6 Å². The molecule has 2 amide bonds. The second kappa shape index (κ2) is 10.6. The fourth-order valence-electron chi connectivity index (χ4n) is 4.29. The van der Waals surface area contributed by atoms with E-state index in [1.54, 1.807) is 11.1 Å². The fraction of sp³-hybridized carbons (Fsp3) is 0.269. The quantitative estimate of drug-likeness (QED) is 0.336. The molecule has 186 valence electrons. The van der Waals surface area contributed by atoms with Crippen LogP contribution in [0.4, 0.5) is 5.69 Å². The van der Waals surface area contributed by atoms with Crippen LogP contribution in [-0.4, -0.2) is 53.5 Å². The number of nitrogens with zero attached hydrogens (tertiary/aromatic N) is 4. The lowest BCUT2D eigenvalue weighted by molar-refractivity contribution is -0.117. The van der Waals surface area contributed by atoms with Crippen LogP contribution < -0.4 is 10.2 Å². The standard InChI is InChI=1S/C26H26ClN5O2S2/c1-30(2)16-24-28-11-12-31(24)18-3-5-19(6-4-18)32-15-17(13-25(32)33)14-29-26(34)22-8-7-20(35-22)21-9-10-23(27)36-21/h3-12,17H,13-16H2,1-2H3,(H,29,34). The molecule has 5 rings (SSSR count). The van der Waals surface area contributed by atoms with Gasteiger partial charge < -0.3 is 19.7 Å². The molecule has 7 nitrogen and oxygen atoms in total. The number of aromatic nitrogens is 2. The van der Waals surface area contributed by atoms with Gasteiger partial charge in [0.25, 0.3) is 5.91 Å². The molecule has 0 bridgehead atoms. The van der Waals surface area contributed by atoms with Crippen molar-refractivity contribution in [3.63, 3.8) is 0 Å². The monoisotopic (exact) mass is 539 g/mol. The number of thiophene rings is 2. The summed E-state index contributed by atoms with van der Waals surface area (Å²) in [5.74, 6) is 0.985. The normalized spacial score (nSPS) is 15.7. The van der Waals surface area contributed by atoms with Crippen LogP contribution in [0, 0.1) is 5.92 Å². The molecule has 1 aliphatic rings. The van der Waals surface area contributed by atoms with Crippen LogP contribution in [0.5, 0.6) is 0 Å². The highest BCUT2D eigenvalue weighted by atomic mass is 35.5. The van der Waals surface area contributed by atoms with Crippen LogP contribution in [0.25, 0.3) is 15.4 Å². The number of carbonyl (C=O) groups is 2. The molecule has 0 aliphatic carbocycles. The Morgan fingerprint density at radius 3 is 2.53 bits per heavy atom. The second-order valence-electron chi connectivity index (χ2n) is 9.02. The summed E-state index contributed by atoms with van der Waals surface area (Å²) in [6.07, 6.45) is 4.16. The summed E-state index contributed by atoms with van der Waals surface area (Å²) in [4.78, 5) is 36.5. The van der Waals surface area contributed by atoms with Crippen molar-refractivity contribution >= 4 is 51.8 Å². The largest absolute Gasteiger partial charge is 0.351 e. The van der Waals surface area contributed by atoms with Crippen LogP contribution in [0.15, 0.2) is 60.9 Å². The highest BCUT2D eigenvalue weighted by Crippen LogP contribution is 2.35. The molecule has 0 radical (unpaired) electrons. The number of hydrogen-bond donors (Lipinski definition) is 1. The van der Waals surface area contributed by atoms with Crippen molar-refractivity contribution in [2.24, 2.45) is 5.92 Å². The van der Waals surface area contributed by atoms with Crippen molar-refractivity contribution in [3.8, 4) is 15.4 Å². The summed E-state index contributed by atoms with van der Waals surface area (Å²) in [5, 5.41) is 3.01. The molecule has 1 N–H and O–H groups in total. The van der Waals surface area contributed by atoms with E-state index in [1.807, 2.05) is 68.8 Å². The van der Waals surface area contributed by atoms with Gasteiger partial charge >= 0.3 is 0 Å². The van der Waals surface area contributed by atoms with Gasteiger partial charge in [0.05, 0.1) is 15.8 Å². The Morgan fingerprint density at radius 1 is 1.08 bits per heavy atom. The zero-order valence-electron chi connectivity index (χ0n) is 20.0. The van der Waals surface area contributed by atoms with Gasteiger partial charge in [-0.2, -0.15) is 0 Å². The molecule has 1 aliphatic heterocycles. The number of amides is 2. The second-order valence-corrected chi connectivity index (χ2v) is 11.8. The Bertz CT molecular complexity index is 1370. The first-order chi connectivity index (χ1) is 17.4. The van der Waals surface area contributed by atoms with Gasteiger partial charge in [-0.05, 0) is 62.6 Å². The van der Waals surface area contributed by atoms with Gasteiger partial charge in [0, 0.05) is 59.0 Å². The lowest BCUT2D eigenvalue weighted by Gasteiger charge is -2.18. The first kappa shape index (κ1) is 24.7. The molecule has 10 heteroatoms. The van der Waals surface area contributed by atoms with Gasteiger partial charge in [-0.3, -0.25) is 9.59 Å². The van der Waals surface area contributed by atoms with Crippen LogP contribution >= 0.6 is 34.3 Å². The average molecular weight is 540 g/mol. The van der Waals surface area contributed by atoms with Crippen molar-refractivity contribution in [2.75, 3.05) is 32.1 Å². The third-order valence-electron chi connectivity index (χ3n) is 6.02. The molecule has 0 saturated carbocycles. The van der Waals surface area contributed by atoms with Crippen LogP contribution in [0.3, 0.4) is 0 Å². The average Bonchev–Trinajstić information content (AvgIpc) is 3.65. The summed E-state index contributed by atoms with van der Waals surface area (Å²) in [6, 6.07) is 15.6. The minimum Gasteiger partial charge on any atom is -0.351 e. The van der Waals surface area contributed by atoms with E-state index in [1.165, 1.54) is 22.7 Å². The third-order valence-corrected chi connectivity index (χ3v) is 8.53. The molecular weight excluding hydrogens is 514 g/mol. The molecule has 1 atom stereocenters. The number of imidazole rings is 1. The number of benzene rings is 1. The highest BCUT2D eigenvalue weighted by molar-refractivity contribution is 7.24. The number of rotatable bonds is 8. The number of halogens is 1. The van der Waals surface area contributed by atoms with Crippen LogP contribution in [-0.2, 0) is 11.3 Å². The van der Waals surface area contributed by atoms with Crippen molar-refractivity contribution in [1.29, 1.82) is 0 Å². The Balaban J connectivity index is 1.18.